The first-order valence-corrected chi connectivity index (χ1v) is 9.94. The Morgan fingerprint density at radius 3 is 2.70 bits per heavy atom. The highest BCUT2D eigenvalue weighted by Gasteiger charge is 2.08. The number of imidazole rings is 1. The molecule has 3 rings (SSSR count). The van der Waals surface area contributed by atoms with Gasteiger partial charge in [-0.15, -0.1) is 0 Å². The second-order valence-corrected chi connectivity index (χ2v) is 6.79. The van der Waals surface area contributed by atoms with Crippen molar-refractivity contribution in [3.63, 3.8) is 0 Å². The lowest BCUT2D eigenvalue weighted by Crippen LogP contribution is -2.26. The van der Waals surface area contributed by atoms with E-state index >= 15 is 0 Å². The van der Waals surface area contributed by atoms with Crippen LogP contribution in [-0.2, 0) is 13.0 Å². The van der Waals surface area contributed by atoms with Crippen molar-refractivity contribution in [3.05, 3.63) is 115 Å². The monoisotopic (exact) mass is 398 g/mol. The Morgan fingerprint density at radius 2 is 2.00 bits per heavy atom. The normalized spacial score (nSPS) is 11.6. The summed E-state index contributed by atoms with van der Waals surface area (Å²) >= 11 is 0. The number of rotatable bonds is 9. The smallest absolute Gasteiger partial charge is 0.252 e. The van der Waals surface area contributed by atoms with Gasteiger partial charge in [-0.25, -0.2) is 4.98 Å². The Morgan fingerprint density at radius 1 is 1.17 bits per heavy atom. The summed E-state index contributed by atoms with van der Waals surface area (Å²) in [5, 5.41) is 2.96. The molecule has 2 aromatic heterocycles. The van der Waals surface area contributed by atoms with Crippen molar-refractivity contribution in [2.24, 2.45) is 0 Å². The van der Waals surface area contributed by atoms with E-state index in [1.165, 1.54) is 5.56 Å². The molecule has 0 aliphatic carbocycles. The minimum atomic E-state index is -0.136. The fourth-order valence-electron chi connectivity index (χ4n) is 3.12. The van der Waals surface area contributed by atoms with Crippen LogP contribution in [0.5, 0.6) is 0 Å². The van der Waals surface area contributed by atoms with Crippen molar-refractivity contribution in [2.45, 2.75) is 19.9 Å². The molecule has 0 radical (unpaired) electrons. The van der Waals surface area contributed by atoms with Gasteiger partial charge in [-0.3, -0.25) is 9.78 Å². The zero-order chi connectivity index (χ0) is 21.2. The predicted molar refractivity (Wildman–Crippen MR) is 121 cm³/mol. The molecule has 0 atom stereocenters. The summed E-state index contributed by atoms with van der Waals surface area (Å²) in [6, 6.07) is 13.9. The van der Waals surface area contributed by atoms with Crippen LogP contribution < -0.4 is 5.32 Å². The first kappa shape index (κ1) is 21.0. The summed E-state index contributed by atoms with van der Waals surface area (Å²) in [4.78, 5) is 21.1. The Balaban J connectivity index is 1.56. The molecule has 0 aliphatic rings. The predicted octanol–water partition coefficient (Wildman–Crippen LogP) is 4.44. The summed E-state index contributed by atoms with van der Waals surface area (Å²) in [6.07, 6.45) is 13.5. The lowest BCUT2D eigenvalue weighted by atomic mass is 10.1. The van der Waals surface area contributed by atoms with Gasteiger partial charge in [-0.1, -0.05) is 61.2 Å². The van der Waals surface area contributed by atoms with Gasteiger partial charge >= 0.3 is 0 Å². The Hall–Kier alpha value is -3.73. The molecular weight excluding hydrogens is 372 g/mol. The highest BCUT2D eigenvalue weighted by atomic mass is 16.1. The van der Waals surface area contributed by atoms with Crippen LogP contribution in [0.4, 0.5) is 0 Å². The molecule has 0 unspecified atom stereocenters. The molecule has 30 heavy (non-hydrogen) atoms. The van der Waals surface area contributed by atoms with E-state index in [2.05, 4.69) is 38.6 Å². The third-order valence-corrected chi connectivity index (χ3v) is 4.63. The molecule has 0 bridgehead atoms. The zero-order valence-electron chi connectivity index (χ0n) is 17.2. The summed E-state index contributed by atoms with van der Waals surface area (Å²) in [5.41, 5.74) is 4.59. The number of hydrogen-bond donors (Lipinski definition) is 1. The van der Waals surface area contributed by atoms with Crippen LogP contribution in [0.2, 0.25) is 0 Å². The van der Waals surface area contributed by atoms with Crippen LogP contribution in [0.25, 0.3) is 5.57 Å². The third-order valence-electron chi connectivity index (χ3n) is 4.63. The van der Waals surface area contributed by atoms with Gasteiger partial charge < -0.3 is 9.88 Å². The number of amides is 1. The van der Waals surface area contributed by atoms with Crippen molar-refractivity contribution in [3.8, 4) is 0 Å². The SMILES string of the molecule is C=C/C=C(\C=C/C)c1ccc(C(=O)NCCc2cncn2Cc2ccccc2)cn1. The molecule has 5 nitrogen and oxygen atoms in total. The van der Waals surface area contributed by atoms with E-state index in [0.717, 1.165) is 23.5 Å². The number of nitrogens with zero attached hydrogens (tertiary/aromatic N) is 3. The van der Waals surface area contributed by atoms with Crippen LogP contribution in [0.3, 0.4) is 0 Å². The molecule has 2 heterocycles. The summed E-state index contributed by atoms with van der Waals surface area (Å²) in [7, 11) is 0. The fraction of sp³-hybridized carbons (Fsp3) is 0.160. The van der Waals surface area contributed by atoms with E-state index in [0.29, 0.717) is 18.5 Å². The van der Waals surface area contributed by atoms with Crippen LogP contribution in [0.15, 0.2) is 92.1 Å². The summed E-state index contributed by atoms with van der Waals surface area (Å²) in [5.74, 6) is -0.136. The maximum absolute atomic E-state index is 12.5. The maximum Gasteiger partial charge on any atom is 0.252 e. The van der Waals surface area contributed by atoms with E-state index in [1.807, 2.05) is 61.9 Å². The van der Waals surface area contributed by atoms with E-state index in [1.54, 1.807) is 18.3 Å². The van der Waals surface area contributed by atoms with Crippen molar-refractivity contribution >= 4 is 11.5 Å². The fourth-order valence-corrected chi connectivity index (χ4v) is 3.12. The van der Waals surface area contributed by atoms with Gasteiger partial charge in [0.05, 0.1) is 17.6 Å². The number of carbonyl (C=O) groups excluding carboxylic acids is 1. The Bertz CT molecular complexity index is 1030. The largest absolute Gasteiger partial charge is 0.352 e. The molecule has 1 aromatic carbocycles. The first-order valence-electron chi connectivity index (χ1n) is 9.94. The Labute approximate surface area is 177 Å². The molecule has 1 N–H and O–H groups in total. The van der Waals surface area contributed by atoms with Crippen molar-refractivity contribution < 1.29 is 4.79 Å². The van der Waals surface area contributed by atoms with Crippen molar-refractivity contribution in [1.29, 1.82) is 0 Å². The number of hydrogen-bond acceptors (Lipinski definition) is 3. The van der Waals surface area contributed by atoms with Gasteiger partial charge in [0.25, 0.3) is 5.91 Å². The number of benzene rings is 1. The summed E-state index contributed by atoms with van der Waals surface area (Å²) in [6.45, 7) is 6.97. The molecule has 0 spiro atoms. The second-order valence-electron chi connectivity index (χ2n) is 6.79. The van der Waals surface area contributed by atoms with E-state index in [9.17, 15) is 4.79 Å². The second kappa shape index (κ2) is 10.7. The van der Waals surface area contributed by atoms with Gasteiger partial charge in [-0.2, -0.15) is 0 Å². The third kappa shape index (κ3) is 5.64. The molecule has 1 amide bonds. The maximum atomic E-state index is 12.5. The molecule has 0 saturated heterocycles. The van der Waals surface area contributed by atoms with Crippen LogP contribution in [-0.4, -0.2) is 27.0 Å². The lowest BCUT2D eigenvalue weighted by molar-refractivity contribution is 0.0953. The van der Waals surface area contributed by atoms with Gasteiger partial charge in [0.1, 0.15) is 0 Å². The lowest BCUT2D eigenvalue weighted by Gasteiger charge is -2.09. The van der Waals surface area contributed by atoms with Gasteiger partial charge in [0, 0.05) is 37.6 Å². The van der Waals surface area contributed by atoms with E-state index in [4.69, 9.17) is 0 Å². The Kier molecular flexibility index (Phi) is 7.50. The quantitative estimate of drug-likeness (QED) is 0.542. The number of pyridine rings is 1. The first-order chi connectivity index (χ1) is 14.7. The molecule has 0 saturated carbocycles. The molecule has 0 fully saturated rings. The zero-order valence-corrected chi connectivity index (χ0v) is 17.2. The average molecular weight is 399 g/mol. The highest BCUT2D eigenvalue weighted by molar-refractivity contribution is 5.94. The molecular formula is C25H26N4O. The van der Waals surface area contributed by atoms with Crippen LogP contribution in [0, 0.1) is 0 Å². The van der Waals surface area contributed by atoms with Crippen molar-refractivity contribution in [2.75, 3.05) is 6.54 Å². The molecule has 152 valence electrons. The molecule has 3 aromatic rings. The van der Waals surface area contributed by atoms with E-state index < -0.39 is 0 Å². The van der Waals surface area contributed by atoms with Gasteiger partial charge in [0.2, 0.25) is 0 Å². The minimum Gasteiger partial charge on any atom is -0.352 e. The summed E-state index contributed by atoms with van der Waals surface area (Å²) < 4.78 is 2.10. The van der Waals surface area contributed by atoms with Gasteiger partial charge in [-0.05, 0) is 30.2 Å². The number of nitrogens with one attached hydrogen (secondary N) is 1. The van der Waals surface area contributed by atoms with E-state index in [-0.39, 0.29) is 5.91 Å². The number of carbonyl (C=O) groups is 1. The number of allylic oxidation sites excluding steroid dienone is 5. The molecule has 5 heteroatoms. The molecule has 0 aliphatic heterocycles. The van der Waals surface area contributed by atoms with Gasteiger partial charge in [0.15, 0.2) is 0 Å². The van der Waals surface area contributed by atoms with Crippen molar-refractivity contribution in [1.82, 2.24) is 19.9 Å². The standard InChI is InChI=1S/C25H26N4O/c1-3-8-21(9-4-2)24-13-12-22(16-28-24)25(30)27-15-14-23-17-26-19-29(23)18-20-10-6-5-7-11-20/h3-13,16-17,19H,1,14-15,18H2,2H3,(H,27,30)/b9-4-,21-8+. The van der Waals surface area contributed by atoms with Crippen LogP contribution >= 0.6 is 0 Å². The minimum absolute atomic E-state index is 0.136. The average Bonchev–Trinajstić information content (AvgIpc) is 3.21. The van der Waals surface area contributed by atoms with Crippen LogP contribution in [0.1, 0.15) is 34.2 Å². The topological polar surface area (TPSA) is 59.8 Å². The number of aromatic nitrogens is 3. The highest BCUT2D eigenvalue weighted by Crippen LogP contribution is 2.14.